The first-order valence-electron chi connectivity index (χ1n) is 8.16. The molecule has 0 aliphatic carbocycles. The molecule has 124 valence electrons. The van der Waals surface area contributed by atoms with E-state index in [-0.39, 0.29) is 5.91 Å². The minimum atomic E-state index is 0.0171. The summed E-state index contributed by atoms with van der Waals surface area (Å²) in [5.74, 6) is 0.0171. The third-order valence-corrected chi connectivity index (χ3v) is 4.00. The number of pyridine rings is 2. The summed E-state index contributed by atoms with van der Waals surface area (Å²) in [5, 5.41) is 0. The topological polar surface area (TPSA) is 61.7 Å². The molecule has 0 N–H and O–H groups in total. The fourth-order valence-electron chi connectivity index (χ4n) is 2.64. The maximum atomic E-state index is 12.3. The Balaban J connectivity index is 1.41. The molecule has 1 saturated heterocycles. The van der Waals surface area contributed by atoms with Gasteiger partial charge in [0.1, 0.15) is 5.69 Å². The molecular formula is C18H21N5O. The molecule has 0 saturated carbocycles. The highest BCUT2D eigenvalue weighted by Crippen LogP contribution is 2.06. The second-order valence-electron chi connectivity index (χ2n) is 5.64. The van der Waals surface area contributed by atoms with Crippen molar-refractivity contribution in [3.8, 4) is 0 Å². The first kappa shape index (κ1) is 16.3. The zero-order chi connectivity index (χ0) is 16.6. The van der Waals surface area contributed by atoms with Gasteiger partial charge in [0.05, 0.1) is 12.2 Å². The van der Waals surface area contributed by atoms with Crippen LogP contribution in [0.1, 0.15) is 16.2 Å². The van der Waals surface area contributed by atoms with Gasteiger partial charge in [-0.1, -0.05) is 12.1 Å². The lowest BCUT2D eigenvalue weighted by Gasteiger charge is -2.34. The second kappa shape index (κ2) is 8.31. The van der Waals surface area contributed by atoms with Gasteiger partial charge in [-0.3, -0.25) is 24.7 Å². The van der Waals surface area contributed by atoms with Gasteiger partial charge >= 0.3 is 0 Å². The summed E-state index contributed by atoms with van der Waals surface area (Å²) in [6.07, 6.45) is 5.23. The third kappa shape index (κ3) is 4.45. The summed E-state index contributed by atoms with van der Waals surface area (Å²) in [4.78, 5) is 29.3. The molecule has 1 amide bonds. The lowest BCUT2D eigenvalue weighted by Crippen LogP contribution is -2.49. The third-order valence-electron chi connectivity index (χ3n) is 4.00. The van der Waals surface area contributed by atoms with Crippen molar-refractivity contribution in [3.05, 3.63) is 60.2 Å². The van der Waals surface area contributed by atoms with E-state index in [0.29, 0.717) is 5.69 Å². The van der Waals surface area contributed by atoms with Crippen molar-refractivity contribution < 1.29 is 4.79 Å². The second-order valence-corrected chi connectivity index (χ2v) is 5.64. The average molecular weight is 323 g/mol. The molecule has 2 aromatic heterocycles. The number of hydrogen-bond donors (Lipinski definition) is 0. The maximum Gasteiger partial charge on any atom is 0.272 e. The van der Waals surface area contributed by atoms with Crippen LogP contribution in [0.2, 0.25) is 0 Å². The van der Waals surface area contributed by atoms with Crippen molar-refractivity contribution in [2.24, 2.45) is 4.99 Å². The molecule has 3 heterocycles. The number of hydrogen-bond acceptors (Lipinski definition) is 5. The van der Waals surface area contributed by atoms with Crippen molar-refractivity contribution >= 4 is 12.1 Å². The number of piperazine rings is 1. The van der Waals surface area contributed by atoms with Gasteiger partial charge in [-0.2, -0.15) is 0 Å². The Hall–Kier alpha value is -2.60. The van der Waals surface area contributed by atoms with Crippen molar-refractivity contribution in [1.29, 1.82) is 0 Å². The van der Waals surface area contributed by atoms with E-state index >= 15 is 0 Å². The molecule has 1 fully saturated rings. The van der Waals surface area contributed by atoms with E-state index in [2.05, 4.69) is 19.9 Å². The molecule has 3 rings (SSSR count). The summed E-state index contributed by atoms with van der Waals surface area (Å²) < 4.78 is 0. The summed E-state index contributed by atoms with van der Waals surface area (Å²) in [7, 11) is 0. The Bertz CT molecular complexity index is 666. The Morgan fingerprint density at radius 1 is 1.04 bits per heavy atom. The number of carbonyl (C=O) groups excluding carboxylic acids is 1. The molecule has 6 nitrogen and oxygen atoms in total. The van der Waals surface area contributed by atoms with Gasteiger partial charge < -0.3 is 4.90 Å². The SMILES string of the molecule is O=C(c1ccccn1)N1CCN(CCN=Cc2ccccn2)CC1. The van der Waals surface area contributed by atoms with Crippen molar-refractivity contribution in [3.63, 3.8) is 0 Å². The molecule has 0 aromatic carbocycles. The first-order valence-corrected chi connectivity index (χ1v) is 8.16. The summed E-state index contributed by atoms with van der Waals surface area (Å²) in [6, 6.07) is 11.2. The molecule has 1 aliphatic heterocycles. The fourth-order valence-corrected chi connectivity index (χ4v) is 2.64. The standard InChI is InChI=1S/C18H21N5O/c24-18(17-6-2-4-8-21-17)23-13-11-22(12-14-23)10-9-19-15-16-5-1-3-7-20-16/h1-8,15H,9-14H2. The number of carbonyl (C=O) groups is 1. The van der Waals surface area contributed by atoms with Crippen molar-refractivity contribution in [2.45, 2.75) is 0 Å². The highest BCUT2D eigenvalue weighted by atomic mass is 16.2. The van der Waals surface area contributed by atoms with Crippen LogP contribution in [0.5, 0.6) is 0 Å². The molecule has 24 heavy (non-hydrogen) atoms. The van der Waals surface area contributed by atoms with Crippen molar-refractivity contribution in [2.75, 3.05) is 39.3 Å². The van der Waals surface area contributed by atoms with E-state index in [9.17, 15) is 4.79 Å². The minimum Gasteiger partial charge on any atom is -0.335 e. The lowest BCUT2D eigenvalue weighted by molar-refractivity contribution is 0.0635. The summed E-state index contributed by atoms with van der Waals surface area (Å²) >= 11 is 0. The van der Waals surface area contributed by atoms with E-state index in [1.807, 2.05) is 35.2 Å². The molecular weight excluding hydrogens is 302 g/mol. The number of aliphatic imine (C=N–C) groups is 1. The fraction of sp³-hybridized carbons (Fsp3) is 0.333. The van der Waals surface area contributed by atoms with Gasteiger partial charge in [-0.15, -0.1) is 0 Å². The van der Waals surface area contributed by atoms with Crippen LogP contribution < -0.4 is 0 Å². The van der Waals surface area contributed by atoms with Crippen LogP contribution in [0.4, 0.5) is 0 Å². The maximum absolute atomic E-state index is 12.3. The normalized spacial score (nSPS) is 15.8. The molecule has 0 radical (unpaired) electrons. The van der Waals surface area contributed by atoms with Crippen LogP contribution in [0.15, 0.2) is 53.8 Å². The van der Waals surface area contributed by atoms with Gasteiger partial charge in [0.2, 0.25) is 0 Å². The smallest absolute Gasteiger partial charge is 0.272 e. The van der Waals surface area contributed by atoms with Crippen LogP contribution in [0.25, 0.3) is 0 Å². The highest BCUT2D eigenvalue weighted by Gasteiger charge is 2.22. The Morgan fingerprint density at radius 3 is 2.46 bits per heavy atom. The predicted octanol–water partition coefficient (Wildman–Crippen LogP) is 1.35. The number of nitrogens with zero attached hydrogens (tertiary/aromatic N) is 5. The average Bonchev–Trinajstić information content (AvgIpc) is 2.67. The van der Waals surface area contributed by atoms with E-state index in [0.717, 1.165) is 45.0 Å². The Labute approximate surface area is 141 Å². The minimum absolute atomic E-state index is 0.0171. The molecule has 0 unspecified atom stereocenters. The summed E-state index contributed by atoms with van der Waals surface area (Å²) in [6.45, 7) is 4.85. The number of aromatic nitrogens is 2. The van der Waals surface area contributed by atoms with Crippen molar-refractivity contribution in [1.82, 2.24) is 19.8 Å². The molecule has 1 aliphatic rings. The molecule has 0 spiro atoms. The van der Waals surface area contributed by atoms with E-state index in [1.165, 1.54) is 0 Å². The monoisotopic (exact) mass is 323 g/mol. The predicted molar refractivity (Wildman–Crippen MR) is 93.3 cm³/mol. The Morgan fingerprint density at radius 2 is 1.79 bits per heavy atom. The molecule has 0 bridgehead atoms. The van der Waals surface area contributed by atoms with Crippen LogP contribution in [0.3, 0.4) is 0 Å². The van der Waals surface area contributed by atoms with Crippen LogP contribution in [-0.4, -0.2) is 71.2 Å². The van der Waals surface area contributed by atoms with Crippen LogP contribution in [0, 0.1) is 0 Å². The zero-order valence-corrected chi connectivity index (χ0v) is 13.6. The van der Waals surface area contributed by atoms with Gasteiger partial charge in [0, 0.05) is 51.3 Å². The van der Waals surface area contributed by atoms with Crippen LogP contribution in [-0.2, 0) is 0 Å². The lowest BCUT2D eigenvalue weighted by atomic mass is 10.2. The van der Waals surface area contributed by atoms with Gasteiger partial charge in [0.15, 0.2) is 0 Å². The van der Waals surface area contributed by atoms with Gasteiger partial charge in [-0.05, 0) is 24.3 Å². The largest absolute Gasteiger partial charge is 0.335 e. The zero-order valence-electron chi connectivity index (χ0n) is 13.6. The van der Waals surface area contributed by atoms with Gasteiger partial charge in [-0.25, -0.2) is 0 Å². The molecule has 6 heteroatoms. The number of amides is 1. The van der Waals surface area contributed by atoms with Crippen LogP contribution >= 0.6 is 0 Å². The quantitative estimate of drug-likeness (QED) is 0.779. The van der Waals surface area contributed by atoms with E-state index < -0.39 is 0 Å². The summed E-state index contributed by atoms with van der Waals surface area (Å²) in [5.41, 5.74) is 1.40. The molecule has 2 aromatic rings. The highest BCUT2D eigenvalue weighted by molar-refractivity contribution is 5.92. The first-order chi connectivity index (χ1) is 11.8. The molecule has 0 atom stereocenters. The van der Waals surface area contributed by atoms with E-state index in [4.69, 9.17) is 0 Å². The van der Waals surface area contributed by atoms with E-state index in [1.54, 1.807) is 24.7 Å². The number of rotatable bonds is 5. The Kier molecular flexibility index (Phi) is 5.63. The van der Waals surface area contributed by atoms with Gasteiger partial charge in [0.25, 0.3) is 5.91 Å².